The van der Waals surface area contributed by atoms with Crippen molar-refractivity contribution >= 4 is 5.78 Å². The van der Waals surface area contributed by atoms with Crippen molar-refractivity contribution in [3.63, 3.8) is 0 Å². The standard InChI is InChI=1S/C27H38O3/c1-5-16-30-17-6-12-27(29)15-14-25(3)20(18-27)7-8-21-23-10-9-22(19(2)28)26(23,4)13-11-24(21)25/h1,20-24,29H,7-11,13-18H2,2-4H3/t20-,21+,22-,23+,24+,25+,26-,27-/m1/s1. The number of hydrogen-bond donors (Lipinski definition) is 1. The molecule has 0 bridgehead atoms. The van der Waals surface area contributed by atoms with Crippen LogP contribution >= 0.6 is 0 Å². The van der Waals surface area contributed by atoms with E-state index in [-0.39, 0.29) is 24.5 Å². The van der Waals surface area contributed by atoms with Crippen molar-refractivity contribution in [2.75, 3.05) is 13.2 Å². The Hall–Kier alpha value is -1.29. The van der Waals surface area contributed by atoms with Gasteiger partial charge in [0.1, 0.15) is 24.6 Å². The fourth-order valence-electron chi connectivity index (χ4n) is 8.39. The molecule has 0 aromatic heterocycles. The van der Waals surface area contributed by atoms with E-state index in [0.29, 0.717) is 23.0 Å². The number of terminal acetylenes is 1. The number of hydrogen-bond acceptors (Lipinski definition) is 3. The van der Waals surface area contributed by atoms with Gasteiger partial charge in [-0.25, -0.2) is 0 Å². The quantitative estimate of drug-likeness (QED) is 0.546. The molecule has 4 rings (SSSR count). The van der Waals surface area contributed by atoms with E-state index in [0.717, 1.165) is 37.5 Å². The summed E-state index contributed by atoms with van der Waals surface area (Å²) >= 11 is 0. The number of fused-ring (bicyclic) bond motifs is 5. The van der Waals surface area contributed by atoms with Gasteiger partial charge in [-0.15, -0.1) is 6.42 Å². The first-order valence-corrected chi connectivity index (χ1v) is 12.0. The maximum atomic E-state index is 12.3. The zero-order valence-corrected chi connectivity index (χ0v) is 19.0. The van der Waals surface area contributed by atoms with Crippen LogP contribution in [-0.2, 0) is 9.53 Å². The molecule has 1 N–H and O–H groups in total. The van der Waals surface area contributed by atoms with Crippen LogP contribution in [0.5, 0.6) is 0 Å². The summed E-state index contributed by atoms with van der Waals surface area (Å²) in [6, 6.07) is 0. The van der Waals surface area contributed by atoms with Crippen LogP contribution in [0.3, 0.4) is 0 Å². The highest BCUT2D eigenvalue weighted by Gasteiger charge is 2.61. The molecule has 0 saturated heterocycles. The van der Waals surface area contributed by atoms with Gasteiger partial charge in [-0.1, -0.05) is 31.6 Å². The van der Waals surface area contributed by atoms with E-state index in [9.17, 15) is 9.90 Å². The molecule has 3 heteroatoms. The number of carbonyl (C=O) groups is 1. The van der Waals surface area contributed by atoms with Crippen LogP contribution in [0.2, 0.25) is 0 Å². The minimum atomic E-state index is -0.882. The third-order valence-electron chi connectivity index (χ3n) is 9.90. The van der Waals surface area contributed by atoms with Gasteiger partial charge in [0.05, 0.1) is 0 Å². The van der Waals surface area contributed by atoms with Crippen molar-refractivity contribution < 1.29 is 14.6 Å². The summed E-state index contributed by atoms with van der Waals surface area (Å²) < 4.78 is 5.25. The Morgan fingerprint density at radius 3 is 2.53 bits per heavy atom. The molecule has 4 aliphatic rings. The number of ketones is 1. The number of ether oxygens (including phenoxy) is 1. The minimum Gasteiger partial charge on any atom is -0.378 e. The second-order valence-corrected chi connectivity index (χ2v) is 11.2. The molecule has 0 heterocycles. The van der Waals surface area contributed by atoms with Gasteiger partial charge in [-0.05, 0) is 99.2 Å². The van der Waals surface area contributed by atoms with Crippen molar-refractivity contribution in [3.05, 3.63) is 0 Å². The molecule has 4 saturated carbocycles. The van der Waals surface area contributed by atoms with Crippen molar-refractivity contribution in [2.45, 2.75) is 84.2 Å². The lowest BCUT2D eigenvalue weighted by atomic mass is 9.44. The van der Waals surface area contributed by atoms with Crippen LogP contribution in [0.4, 0.5) is 0 Å². The Labute approximate surface area is 182 Å². The smallest absolute Gasteiger partial charge is 0.133 e. The van der Waals surface area contributed by atoms with Gasteiger partial charge in [-0.3, -0.25) is 4.79 Å². The van der Waals surface area contributed by atoms with Crippen LogP contribution in [0, 0.1) is 64.6 Å². The first-order chi connectivity index (χ1) is 14.2. The van der Waals surface area contributed by atoms with Crippen LogP contribution in [0.15, 0.2) is 0 Å². The molecule has 0 aliphatic heterocycles. The molecule has 30 heavy (non-hydrogen) atoms. The Bertz CT molecular complexity index is 784. The number of Topliss-reactive ketones (excluding diaryl/α,β-unsaturated/α-hetero) is 1. The highest BCUT2D eigenvalue weighted by molar-refractivity contribution is 5.79. The molecule has 3 nitrogen and oxygen atoms in total. The summed E-state index contributed by atoms with van der Waals surface area (Å²) in [5.41, 5.74) is -0.366. The second-order valence-electron chi connectivity index (χ2n) is 11.2. The monoisotopic (exact) mass is 410 g/mol. The Morgan fingerprint density at radius 2 is 1.80 bits per heavy atom. The van der Waals surface area contributed by atoms with Gasteiger partial charge < -0.3 is 9.84 Å². The average Bonchev–Trinajstić information content (AvgIpc) is 3.06. The number of rotatable bonds is 3. The molecular formula is C27H38O3. The van der Waals surface area contributed by atoms with E-state index in [1.54, 1.807) is 0 Å². The van der Waals surface area contributed by atoms with Gasteiger partial charge in [-0.2, -0.15) is 0 Å². The molecule has 0 aromatic carbocycles. The predicted molar refractivity (Wildman–Crippen MR) is 118 cm³/mol. The molecule has 0 aromatic rings. The molecule has 8 atom stereocenters. The van der Waals surface area contributed by atoms with Gasteiger partial charge in [0.15, 0.2) is 0 Å². The number of aliphatic hydroxyl groups is 1. The van der Waals surface area contributed by atoms with Gasteiger partial charge >= 0.3 is 0 Å². The van der Waals surface area contributed by atoms with Gasteiger partial charge in [0.25, 0.3) is 0 Å². The zero-order chi connectivity index (χ0) is 21.6. The summed E-state index contributed by atoms with van der Waals surface area (Å²) in [5.74, 6) is 12.0. The van der Waals surface area contributed by atoms with Gasteiger partial charge in [0.2, 0.25) is 0 Å². The third kappa shape index (κ3) is 3.53. The lowest BCUT2D eigenvalue weighted by molar-refractivity contribution is -0.144. The SMILES string of the molecule is C#CCOCC#C[C@@]1(O)CC[C@@]2(C)[C@H](CC[C@@H]3[C@@H]2CC[C@]2(C)[C@@H](C(C)=O)CC[C@@H]32)C1. The highest BCUT2D eigenvalue weighted by Crippen LogP contribution is 2.68. The summed E-state index contributed by atoms with van der Waals surface area (Å²) in [7, 11) is 0. The molecule has 0 spiro atoms. The van der Waals surface area contributed by atoms with E-state index in [4.69, 9.17) is 11.2 Å². The van der Waals surface area contributed by atoms with E-state index in [1.807, 2.05) is 6.92 Å². The van der Waals surface area contributed by atoms with Gasteiger partial charge in [0, 0.05) is 5.92 Å². The van der Waals surface area contributed by atoms with Crippen LogP contribution in [0.25, 0.3) is 0 Å². The molecule has 4 fully saturated rings. The van der Waals surface area contributed by atoms with Crippen molar-refractivity contribution in [1.29, 1.82) is 0 Å². The molecule has 4 aliphatic carbocycles. The summed E-state index contributed by atoms with van der Waals surface area (Å²) in [5, 5.41) is 11.2. The third-order valence-corrected chi connectivity index (χ3v) is 9.90. The van der Waals surface area contributed by atoms with E-state index >= 15 is 0 Å². The van der Waals surface area contributed by atoms with Crippen LogP contribution in [-0.4, -0.2) is 29.7 Å². The first kappa shape index (κ1) is 21.9. The number of carbonyl (C=O) groups excluding carboxylic acids is 1. The first-order valence-electron chi connectivity index (χ1n) is 12.0. The summed E-state index contributed by atoms with van der Waals surface area (Å²) in [6.07, 6.45) is 15.0. The lowest BCUT2D eigenvalue weighted by Gasteiger charge is -2.61. The maximum absolute atomic E-state index is 12.3. The molecule has 0 unspecified atom stereocenters. The summed E-state index contributed by atoms with van der Waals surface area (Å²) in [4.78, 5) is 12.3. The maximum Gasteiger partial charge on any atom is 0.133 e. The lowest BCUT2D eigenvalue weighted by Crippen LogP contribution is -2.56. The molecule has 164 valence electrons. The molecular weight excluding hydrogens is 372 g/mol. The zero-order valence-electron chi connectivity index (χ0n) is 19.0. The Kier molecular flexibility index (Phi) is 5.85. The Morgan fingerprint density at radius 1 is 1.03 bits per heavy atom. The molecule has 0 radical (unpaired) electrons. The molecule has 0 amide bonds. The minimum absolute atomic E-state index is 0.218. The van der Waals surface area contributed by atoms with E-state index in [2.05, 4.69) is 31.6 Å². The van der Waals surface area contributed by atoms with Crippen molar-refractivity contribution in [1.82, 2.24) is 0 Å². The normalized spacial score (nSPS) is 47.1. The summed E-state index contributed by atoms with van der Waals surface area (Å²) in [6.45, 7) is 7.28. The Balaban J connectivity index is 1.48. The average molecular weight is 411 g/mol. The van der Waals surface area contributed by atoms with E-state index in [1.165, 1.54) is 32.1 Å². The fraction of sp³-hybridized carbons (Fsp3) is 0.815. The largest absolute Gasteiger partial charge is 0.378 e. The highest BCUT2D eigenvalue weighted by atomic mass is 16.5. The van der Waals surface area contributed by atoms with Crippen LogP contribution < -0.4 is 0 Å². The predicted octanol–water partition coefficient (Wildman–Crippen LogP) is 4.62. The second kappa shape index (κ2) is 8.00. The van der Waals surface area contributed by atoms with E-state index < -0.39 is 5.60 Å². The van der Waals surface area contributed by atoms with Crippen molar-refractivity contribution in [2.24, 2.45) is 40.4 Å². The van der Waals surface area contributed by atoms with Crippen molar-refractivity contribution in [3.8, 4) is 24.2 Å². The topological polar surface area (TPSA) is 46.5 Å². The fourth-order valence-corrected chi connectivity index (χ4v) is 8.39. The van der Waals surface area contributed by atoms with Crippen LogP contribution in [0.1, 0.15) is 78.6 Å².